The van der Waals surface area contributed by atoms with Crippen molar-refractivity contribution in [1.82, 2.24) is 10.6 Å². The van der Waals surface area contributed by atoms with Crippen LogP contribution in [0.3, 0.4) is 0 Å². The van der Waals surface area contributed by atoms with E-state index in [2.05, 4.69) is 33.5 Å². The topological polar surface area (TPSA) is 41.1 Å². The van der Waals surface area contributed by atoms with Crippen molar-refractivity contribution in [2.24, 2.45) is 11.8 Å². The molecule has 6 heteroatoms. The Balaban J connectivity index is 0.00000242. The molecule has 3 nitrogen and oxygen atoms in total. The number of hydrogen-bond donors (Lipinski definition) is 2. The molecule has 0 aliphatic carbocycles. The molecule has 1 fully saturated rings. The van der Waals surface area contributed by atoms with Gasteiger partial charge in [-0.25, -0.2) is 4.39 Å². The van der Waals surface area contributed by atoms with E-state index in [1.54, 1.807) is 6.07 Å². The van der Waals surface area contributed by atoms with Crippen molar-refractivity contribution in [1.29, 1.82) is 0 Å². The van der Waals surface area contributed by atoms with Crippen LogP contribution in [-0.2, 0) is 11.3 Å². The molecule has 1 saturated heterocycles. The van der Waals surface area contributed by atoms with Gasteiger partial charge in [-0.2, -0.15) is 0 Å². The summed E-state index contributed by atoms with van der Waals surface area (Å²) in [6.07, 6.45) is 2.82. The van der Waals surface area contributed by atoms with Gasteiger partial charge in [0, 0.05) is 17.4 Å². The first-order valence-corrected chi connectivity index (χ1v) is 8.27. The predicted molar refractivity (Wildman–Crippen MR) is 92.6 cm³/mol. The second kappa shape index (κ2) is 9.48. The Morgan fingerprint density at radius 3 is 2.82 bits per heavy atom. The number of piperidine rings is 1. The fourth-order valence-corrected chi connectivity index (χ4v) is 3.20. The van der Waals surface area contributed by atoms with Crippen LogP contribution in [-0.4, -0.2) is 19.0 Å². The van der Waals surface area contributed by atoms with Crippen molar-refractivity contribution in [3.05, 3.63) is 34.1 Å². The number of benzene rings is 1. The second-order valence-corrected chi connectivity index (χ2v) is 6.64. The van der Waals surface area contributed by atoms with Gasteiger partial charge in [0.1, 0.15) is 5.82 Å². The van der Waals surface area contributed by atoms with Crippen molar-refractivity contribution in [3.63, 3.8) is 0 Å². The molecule has 0 aromatic heterocycles. The molecule has 1 aromatic carbocycles. The summed E-state index contributed by atoms with van der Waals surface area (Å²) in [6.45, 7) is 4.60. The Hall–Kier alpha value is -0.650. The monoisotopic (exact) mass is 392 g/mol. The molecular weight excluding hydrogens is 371 g/mol. The van der Waals surface area contributed by atoms with E-state index >= 15 is 0 Å². The number of amides is 1. The number of carbonyl (C=O) groups excluding carboxylic acids is 1. The Bertz CT molecular complexity index is 495. The average Bonchev–Trinajstić information content (AvgIpc) is 2.49. The standard InChI is InChI=1S/C16H22BrFN2O.ClH/c1-11(12-4-6-19-7-5-12)8-16(21)20-10-13-9-14(18)2-3-15(13)17;/h2-3,9,11-12,19H,4-8,10H2,1H3,(H,20,21);1H. The summed E-state index contributed by atoms with van der Waals surface area (Å²) in [6, 6.07) is 4.50. The molecule has 1 aliphatic rings. The largest absolute Gasteiger partial charge is 0.352 e. The fraction of sp³-hybridized carbons (Fsp3) is 0.562. The first-order chi connectivity index (χ1) is 10.1. The van der Waals surface area contributed by atoms with Gasteiger partial charge in [-0.05, 0) is 61.5 Å². The Morgan fingerprint density at radius 2 is 2.14 bits per heavy atom. The molecular formula is C16H23BrClFN2O. The Labute approximate surface area is 146 Å². The van der Waals surface area contributed by atoms with Gasteiger partial charge >= 0.3 is 0 Å². The van der Waals surface area contributed by atoms with E-state index in [1.165, 1.54) is 12.1 Å². The van der Waals surface area contributed by atoms with Gasteiger partial charge in [0.2, 0.25) is 5.91 Å². The minimum atomic E-state index is -0.287. The first-order valence-electron chi connectivity index (χ1n) is 7.47. The van der Waals surface area contributed by atoms with Gasteiger partial charge in [-0.1, -0.05) is 22.9 Å². The summed E-state index contributed by atoms with van der Waals surface area (Å²) in [5.74, 6) is 0.767. The third-order valence-electron chi connectivity index (χ3n) is 4.18. The molecule has 0 bridgehead atoms. The summed E-state index contributed by atoms with van der Waals surface area (Å²) in [5.41, 5.74) is 0.762. The van der Waals surface area contributed by atoms with E-state index in [1.807, 2.05) is 0 Å². The van der Waals surface area contributed by atoms with Gasteiger partial charge in [-0.15, -0.1) is 12.4 Å². The quantitative estimate of drug-likeness (QED) is 0.802. The van der Waals surface area contributed by atoms with Gasteiger partial charge in [-0.3, -0.25) is 4.79 Å². The molecule has 0 spiro atoms. The van der Waals surface area contributed by atoms with Crippen LogP contribution < -0.4 is 10.6 Å². The highest BCUT2D eigenvalue weighted by atomic mass is 79.9. The highest BCUT2D eigenvalue weighted by Crippen LogP contribution is 2.24. The molecule has 1 heterocycles. The maximum Gasteiger partial charge on any atom is 0.220 e. The second-order valence-electron chi connectivity index (χ2n) is 5.78. The van der Waals surface area contributed by atoms with Crippen molar-refractivity contribution in [2.75, 3.05) is 13.1 Å². The zero-order valence-electron chi connectivity index (χ0n) is 12.7. The van der Waals surface area contributed by atoms with Gasteiger partial charge in [0.05, 0.1) is 0 Å². The van der Waals surface area contributed by atoms with Crippen LogP contribution in [0.5, 0.6) is 0 Å². The molecule has 124 valence electrons. The average molecular weight is 394 g/mol. The Morgan fingerprint density at radius 1 is 1.45 bits per heavy atom. The number of carbonyl (C=O) groups is 1. The lowest BCUT2D eigenvalue weighted by atomic mass is 9.84. The minimum absolute atomic E-state index is 0. The highest BCUT2D eigenvalue weighted by Gasteiger charge is 2.21. The van der Waals surface area contributed by atoms with Crippen LogP contribution in [0.25, 0.3) is 0 Å². The van der Waals surface area contributed by atoms with Crippen molar-refractivity contribution >= 4 is 34.2 Å². The van der Waals surface area contributed by atoms with Crippen molar-refractivity contribution in [2.45, 2.75) is 32.7 Å². The predicted octanol–water partition coefficient (Wildman–Crippen LogP) is 3.65. The third-order valence-corrected chi connectivity index (χ3v) is 4.95. The van der Waals surface area contributed by atoms with Gasteiger partial charge < -0.3 is 10.6 Å². The van der Waals surface area contributed by atoms with E-state index in [4.69, 9.17) is 0 Å². The van der Waals surface area contributed by atoms with Crippen LogP contribution in [0.2, 0.25) is 0 Å². The molecule has 1 aliphatic heterocycles. The molecule has 1 aromatic rings. The van der Waals surface area contributed by atoms with Gasteiger partial charge in [0.15, 0.2) is 0 Å². The van der Waals surface area contributed by atoms with Crippen LogP contribution in [0.15, 0.2) is 22.7 Å². The number of nitrogens with one attached hydrogen (secondary N) is 2. The van der Waals surface area contributed by atoms with E-state index in [9.17, 15) is 9.18 Å². The SMILES string of the molecule is CC(CC(=O)NCc1cc(F)ccc1Br)C1CCNCC1.Cl. The fourth-order valence-electron chi connectivity index (χ4n) is 2.82. The Kier molecular flexibility index (Phi) is 8.36. The van der Waals surface area contributed by atoms with E-state index in [-0.39, 0.29) is 24.1 Å². The highest BCUT2D eigenvalue weighted by molar-refractivity contribution is 9.10. The third kappa shape index (κ3) is 5.86. The zero-order chi connectivity index (χ0) is 15.2. The van der Waals surface area contributed by atoms with E-state index < -0.39 is 0 Å². The molecule has 0 radical (unpaired) electrons. The van der Waals surface area contributed by atoms with E-state index in [0.717, 1.165) is 36.0 Å². The summed E-state index contributed by atoms with van der Waals surface area (Å²) >= 11 is 3.37. The molecule has 1 atom stereocenters. The summed E-state index contributed by atoms with van der Waals surface area (Å²) < 4.78 is 14.0. The van der Waals surface area contributed by atoms with Gasteiger partial charge in [0.25, 0.3) is 0 Å². The lowest BCUT2D eigenvalue weighted by molar-refractivity contribution is -0.122. The van der Waals surface area contributed by atoms with Crippen LogP contribution in [0.4, 0.5) is 4.39 Å². The molecule has 2 rings (SSSR count). The van der Waals surface area contributed by atoms with E-state index in [0.29, 0.717) is 24.8 Å². The summed E-state index contributed by atoms with van der Waals surface area (Å²) in [5, 5.41) is 6.23. The molecule has 0 saturated carbocycles. The van der Waals surface area contributed by atoms with Crippen LogP contribution >= 0.6 is 28.3 Å². The summed E-state index contributed by atoms with van der Waals surface area (Å²) in [7, 11) is 0. The van der Waals surface area contributed by atoms with Crippen molar-refractivity contribution in [3.8, 4) is 0 Å². The number of halogens is 3. The molecule has 2 N–H and O–H groups in total. The smallest absolute Gasteiger partial charge is 0.220 e. The number of hydrogen-bond acceptors (Lipinski definition) is 2. The normalized spacial score (nSPS) is 16.7. The van der Waals surface area contributed by atoms with Crippen LogP contribution in [0, 0.1) is 17.7 Å². The maximum absolute atomic E-state index is 13.2. The first kappa shape index (κ1) is 19.4. The lowest BCUT2D eigenvalue weighted by Gasteiger charge is -2.27. The maximum atomic E-state index is 13.2. The minimum Gasteiger partial charge on any atom is -0.352 e. The summed E-state index contributed by atoms with van der Waals surface area (Å²) in [4.78, 5) is 12.0. The molecule has 22 heavy (non-hydrogen) atoms. The van der Waals surface area contributed by atoms with Crippen LogP contribution in [0.1, 0.15) is 31.7 Å². The molecule has 1 unspecified atom stereocenters. The zero-order valence-corrected chi connectivity index (χ0v) is 15.1. The van der Waals surface area contributed by atoms with Crippen molar-refractivity contribution < 1.29 is 9.18 Å². The lowest BCUT2D eigenvalue weighted by Crippen LogP contribution is -2.33. The number of rotatable bonds is 5. The molecule has 1 amide bonds.